The van der Waals surface area contributed by atoms with Crippen molar-refractivity contribution < 1.29 is 19.5 Å². The van der Waals surface area contributed by atoms with Gasteiger partial charge in [-0.3, -0.25) is 14.4 Å². The summed E-state index contributed by atoms with van der Waals surface area (Å²) in [7, 11) is 0. The highest BCUT2D eigenvalue weighted by Gasteiger charge is 2.75. The molecule has 3 aliphatic rings. The molecule has 3 amide bonds. The molecule has 2 aromatic carbocycles. The average Bonchev–Trinajstić information content (AvgIpc) is 3.67. The Balaban J connectivity index is 1.26. The van der Waals surface area contributed by atoms with Gasteiger partial charge in [-0.25, -0.2) is 4.68 Å². The molecule has 10 nitrogen and oxygen atoms in total. The van der Waals surface area contributed by atoms with Gasteiger partial charge >= 0.3 is 0 Å². The smallest absolute Gasteiger partial charge is 0.245 e. The summed E-state index contributed by atoms with van der Waals surface area (Å²) in [6, 6.07) is 16.5. The Bertz CT molecular complexity index is 1400. The van der Waals surface area contributed by atoms with Crippen LogP contribution in [-0.4, -0.2) is 71.9 Å². The Morgan fingerprint density at radius 1 is 1.10 bits per heavy atom. The van der Waals surface area contributed by atoms with Gasteiger partial charge in [0.2, 0.25) is 17.7 Å². The molecule has 3 unspecified atom stereocenters. The predicted octanol–water partition coefficient (Wildman–Crippen LogP) is 1.54. The van der Waals surface area contributed by atoms with Gasteiger partial charge in [0, 0.05) is 24.9 Å². The number of thioether (sulfide) groups is 1. The second kappa shape index (κ2) is 10.3. The largest absolute Gasteiger partial charge is 0.396 e. The van der Waals surface area contributed by atoms with Crippen molar-refractivity contribution in [2.24, 2.45) is 17.8 Å². The summed E-state index contributed by atoms with van der Waals surface area (Å²) in [5.74, 6) is -1.60. The lowest BCUT2D eigenvalue weighted by molar-refractivity contribution is -0.140. The van der Waals surface area contributed by atoms with E-state index in [-0.39, 0.29) is 48.7 Å². The molecule has 2 bridgehead atoms. The Labute approximate surface area is 230 Å². The van der Waals surface area contributed by atoms with Gasteiger partial charge in [0.1, 0.15) is 18.2 Å². The number of aliphatic hydroxyl groups is 1. The fourth-order valence-corrected chi connectivity index (χ4v) is 9.21. The van der Waals surface area contributed by atoms with Gasteiger partial charge in [0.15, 0.2) is 0 Å². The fourth-order valence-electron chi connectivity index (χ4n) is 6.79. The maximum absolute atomic E-state index is 14.0. The molecule has 6 rings (SSSR count). The summed E-state index contributed by atoms with van der Waals surface area (Å²) in [6.45, 7) is 2.76. The SMILES string of the molecule is CC1C[C@H]2SC13C(C(=O)NCn1nnc4ccccc41)N(CCCO)C(=O)[C@@H]3[C@H]2C(=O)NCc1ccccc1. The number of carbonyl (C=O) groups is 3. The number of para-hydroxylation sites is 1. The van der Waals surface area contributed by atoms with Gasteiger partial charge in [-0.2, -0.15) is 0 Å². The number of amides is 3. The normalized spacial score (nSPS) is 29.1. The van der Waals surface area contributed by atoms with Crippen molar-refractivity contribution >= 4 is 40.5 Å². The first-order valence-corrected chi connectivity index (χ1v) is 14.3. The van der Waals surface area contributed by atoms with Crippen LogP contribution in [0.1, 0.15) is 25.3 Å². The van der Waals surface area contributed by atoms with Crippen LogP contribution in [0.3, 0.4) is 0 Å². The first kappa shape index (κ1) is 25.8. The van der Waals surface area contributed by atoms with Gasteiger partial charge in [-0.1, -0.05) is 54.6 Å². The summed E-state index contributed by atoms with van der Waals surface area (Å²) < 4.78 is 0.917. The van der Waals surface area contributed by atoms with Crippen molar-refractivity contribution in [2.45, 2.75) is 49.0 Å². The van der Waals surface area contributed by atoms with E-state index in [9.17, 15) is 19.5 Å². The van der Waals surface area contributed by atoms with Crippen LogP contribution in [0, 0.1) is 17.8 Å². The number of rotatable bonds is 9. The number of carbonyl (C=O) groups excluding carboxylic acids is 3. The predicted molar refractivity (Wildman–Crippen MR) is 146 cm³/mol. The number of nitrogens with zero attached hydrogens (tertiary/aromatic N) is 4. The van der Waals surface area contributed by atoms with E-state index in [1.54, 1.807) is 21.3 Å². The molecular formula is C28H32N6O4S. The minimum absolute atomic E-state index is 0.0284. The molecule has 0 saturated carbocycles. The van der Waals surface area contributed by atoms with Crippen molar-refractivity contribution in [3.63, 3.8) is 0 Å². The molecule has 11 heteroatoms. The van der Waals surface area contributed by atoms with Gasteiger partial charge in [-0.15, -0.1) is 16.9 Å². The van der Waals surface area contributed by atoms with Crippen LogP contribution in [0.15, 0.2) is 54.6 Å². The molecule has 204 valence electrons. The Kier molecular flexibility index (Phi) is 6.80. The highest BCUT2D eigenvalue weighted by molar-refractivity contribution is 8.02. The number of likely N-dealkylation sites (tertiary alicyclic amines) is 1. The van der Waals surface area contributed by atoms with E-state index in [1.165, 1.54) is 0 Å². The average molecular weight is 549 g/mol. The summed E-state index contributed by atoms with van der Waals surface area (Å²) in [6.07, 6.45) is 1.13. The van der Waals surface area contributed by atoms with E-state index in [0.29, 0.717) is 13.0 Å². The summed E-state index contributed by atoms with van der Waals surface area (Å²) in [4.78, 5) is 43.0. The summed E-state index contributed by atoms with van der Waals surface area (Å²) >= 11 is 1.64. The van der Waals surface area contributed by atoms with E-state index in [4.69, 9.17) is 0 Å². The van der Waals surface area contributed by atoms with Gasteiger partial charge in [0.25, 0.3) is 0 Å². The number of aromatic nitrogens is 3. The Morgan fingerprint density at radius 3 is 2.67 bits per heavy atom. The monoisotopic (exact) mass is 548 g/mol. The lowest BCUT2D eigenvalue weighted by atomic mass is 9.66. The molecule has 39 heavy (non-hydrogen) atoms. The van der Waals surface area contributed by atoms with Crippen LogP contribution in [-0.2, 0) is 27.6 Å². The molecule has 1 spiro atoms. The van der Waals surface area contributed by atoms with E-state index in [1.807, 2.05) is 54.6 Å². The zero-order chi connectivity index (χ0) is 27.1. The Hall–Kier alpha value is -3.44. The van der Waals surface area contributed by atoms with E-state index in [0.717, 1.165) is 23.0 Å². The highest BCUT2D eigenvalue weighted by atomic mass is 32.2. The third-order valence-corrected chi connectivity index (χ3v) is 10.6. The molecule has 4 heterocycles. The van der Waals surface area contributed by atoms with Crippen LogP contribution in [0.2, 0.25) is 0 Å². The number of hydrogen-bond acceptors (Lipinski definition) is 7. The number of benzene rings is 2. The topological polar surface area (TPSA) is 129 Å². The summed E-state index contributed by atoms with van der Waals surface area (Å²) in [5.41, 5.74) is 2.52. The fraction of sp³-hybridized carbons (Fsp3) is 0.464. The molecular weight excluding hydrogens is 516 g/mol. The maximum Gasteiger partial charge on any atom is 0.245 e. The molecule has 0 aliphatic carbocycles. The van der Waals surface area contributed by atoms with Crippen LogP contribution in [0.5, 0.6) is 0 Å². The van der Waals surface area contributed by atoms with Crippen LogP contribution >= 0.6 is 11.8 Å². The van der Waals surface area contributed by atoms with Gasteiger partial charge in [0.05, 0.1) is 22.1 Å². The van der Waals surface area contributed by atoms with E-state index >= 15 is 0 Å². The molecule has 6 atom stereocenters. The van der Waals surface area contributed by atoms with E-state index in [2.05, 4.69) is 27.9 Å². The maximum atomic E-state index is 14.0. The van der Waals surface area contributed by atoms with Gasteiger partial charge in [-0.05, 0) is 36.5 Å². The Morgan fingerprint density at radius 2 is 1.87 bits per heavy atom. The number of nitrogens with one attached hydrogen (secondary N) is 2. The molecule has 1 aromatic heterocycles. The quantitative estimate of drug-likeness (QED) is 0.370. The molecule has 3 aromatic rings. The number of hydrogen-bond donors (Lipinski definition) is 3. The van der Waals surface area contributed by atoms with Gasteiger partial charge < -0.3 is 20.6 Å². The lowest BCUT2D eigenvalue weighted by Crippen LogP contribution is -2.56. The van der Waals surface area contributed by atoms with Crippen molar-refractivity contribution in [3.05, 3.63) is 60.2 Å². The first-order chi connectivity index (χ1) is 19.0. The zero-order valence-electron chi connectivity index (χ0n) is 21.7. The number of aliphatic hydroxyl groups excluding tert-OH is 1. The zero-order valence-corrected chi connectivity index (χ0v) is 22.5. The molecule has 3 aliphatic heterocycles. The standard InChI is InChI=1S/C28H32N6O4S/c1-17-14-21-22(25(36)29-15-18-8-3-2-4-9-18)23-27(38)33(12-7-13-35)24(28(17,23)39-21)26(37)30-16-34-20-11-6-5-10-19(20)31-32-34/h2-6,8-11,17,21-24,35H,7,12-16H2,1H3,(H,29,36)(H,30,37)/t17?,21-,22+,23+,24?,28?/m1/s1. The summed E-state index contributed by atoms with van der Waals surface area (Å²) in [5, 5.41) is 23.9. The van der Waals surface area contributed by atoms with Crippen LogP contribution < -0.4 is 10.6 Å². The van der Waals surface area contributed by atoms with Crippen molar-refractivity contribution in [1.82, 2.24) is 30.5 Å². The minimum atomic E-state index is -0.742. The second-order valence-electron chi connectivity index (χ2n) is 10.6. The molecule has 3 N–H and O–H groups in total. The van der Waals surface area contributed by atoms with Crippen molar-refractivity contribution in [3.8, 4) is 0 Å². The van der Waals surface area contributed by atoms with E-state index < -0.39 is 22.6 Å². The lowest BCUT2D eigenvalue weighted by Gasteiger charge is -2.38. The van der Waals surface area contributed by atoms with Crippen molar-refractivity contribution in [1.29, 1.82) is 0 Å². The molecule has 0 radical (unpaired) electrons. The minimum Gasteiger partial charge on any atom is -0.396 e. The molecule has 3 saturated heterocycles. The first-order valence-electron chi connectivity index (χ1n) is 13.4. The number of fused-ring (bicyclic) bond motifs is 2. The second-order valence-corrected chi connectivity index (χ2v) is 12.2. The third kappa shape index (κ3) is 4.19. The highest BCUT2D eigenvalue weighted by Crippen LogP contribution is 2.68. The molecule has 3 fully saturated rings. The van der Waals surface area contributed by atoms with Crippen molar-refractivity contribution in [2.75, 3.05) is 13.2 Å². The van der Waals surface area contributed by atoms with Crippen LogP contribution in [0.25, 0.3) is 11.0 Å². The van der Waals surface area contributed by atoms with Crippen LogP contribution in [0.4, 0.5) is 0 Å². The third-order valence-electron chi connectivity index (χ3n) is 8.49.